The first-order chi connectivity index (χ1) is 12.4. The van der Waals surface area contributed by atoms with Crippen LogP contribution in [0.1, 0.15) is 19.4 Å². The van der Waals surface area contributed by atoms with E-state index in [0.29, 0.717) is 24.3 Å². The highest BCUT2D eigenvalue weighted by molar-refractivity contribution is 7.89. The quantitative estimate of drug-likeness (QED) is 0.859. The first-order valence-electron chi connectivity index (χ1n) is 8.55. The summed E-state index contributed by atoms with van der Waals surface area (Å²) in [6, 6.07) is 9.57. The van der Waals surface area contributed by atoms with Crippen LogP contribution in [-0.4, -0.2) is 55.3 Å². The van der Waals surface area contributed by atoms with Gasteiger partial charge in [-0.25, -0.2) is 8.42 Å². The molecule has 138 valence electrons. The van der Waals surface area contributed by atoms with Gasteiger partial charge in [0, 0.05) is 31.2 Å². The van der Waals surface area contributed by atoms with E-state index in [1.807, 2.05) is 38.1 Å². The molecule has 3 rings (SSSR count). The van der Waals surface area contributed by atoms with E-state index in [1.165, 1.54) is 10.5 Å². The predicted molar refractivity (Wildman–Crippen MR) is 100 cm³/mol. The number of rotatable bonds is 5. The fraction of sp³-hybridized carbons (Fsp3) is 0.444. The van der Waals surface area contributed by atoms with Crippen LogP contribution in [0.25, 0.3) is 10.9 Å². The highest BCUT2D eigenvalue weighted by atomic mass is 32.2. The van der Waals surface area contributed by atoms with Crippen LogP contribution in [0.15, 0.2) is 30.5 Å². The molecule has 1 saturated heterocycles. The molecule has 0 aliphatic carbocycles. The Labute approximate surface area is 153 Å². The van der Waals surface area contributed by atoms with Crippen LogP contribution in [0, 0.1) is 11.3 Å². The lowest BCUT2D eigenvalue weighted by Gasteiger charge is -2.34. The molecule has 1 aliphatic heterocycles. The molecule has 0 radical (unpaired) electrons. The van der Waals surface area contributed by atoms with E-state index < -0.39 is 10.0 Å². The van der Waals surface area contributed by atoms with Crippen LogP contribution in [0.2, 0.25) is 0 Å². The molecule has 1 fully saturated rings. The van der Waals surface area contributed by atoms with Crippen molar-refractivity contribution < 1.29 is 13.2 Å². The van der Waals surface area contributed by atoms with Gasteiger partial charge in [-0.15, -0.1) is 0 Å². The van der Waals surface area contributed by atoms with Gasteiger partial charge >= 0.3 is 0 Å². The average molecular weight is 374 g/mol. The van der Waals surface area contributed by atoms with Crippen LogP contribution in [0.3, 0.4) is 0 Å². The maximum absolute atomic E-state index is 12.6. The Bertz CT molecular complexity index is 929. The van der Waals surface area contributed by atoms with E-state index >= 15 is 0 Å². The first-order valence-corrected chi connectivity index (χ1v) is 10.2. The van der Waals surface area contributed by atoms with Crippen molar-refractivity contribution in [2.45, 2.75) is 26.1 Å². The number of nitrogens with zero attached hydrogens (tertiary/aromatic N) is 3. The van der Waals surface area contributed by atoms with E-state index in [0.717, 1.165) is 10.9 Å². The molecule has 2 heterocycles. The summed E-state index contributed by atoms with van der Waals surface area (Å²) in [6.45, 7) is 4.70. The summed E-state index contributed by atoms with van der Waals surface area (Å²) < 4.78 is 32.4. The highest BCUT2D eigenvalue weighted by Crippen LogP contribution is 2.25. The van der Waals surface area contributed by atoms with Gasteiger partial charge in [-0.2, -0.15) is 9.57 Å². The summed E-state index contributed by atoms with van der Waals surface area (Å²) >= 11 is 0. The minimum Gasteiger partial charge on any atom is -0.382 e. The number of pyridine rings is 1. The molecule has 0 saturated carbocycles. The van der Waals surface area contributed by atoms with Crippen LogP contribution in [0.5, 0.6) is 0 Å². The molecular weight excluding hydrogens is 352 g/mol. The largest absolute Gasteiger partial charge is 0.382 e. The number of aromatic nitrogens is 1. The molecule has 26 heavy (non-hydrogen) atoms. The van der Waals surface area contributed by atoms with Gasteiger partial charge in [0.1, 0.15) is 6.07 Å². The van der Waals surface area contributed by atoms with Crippen molar-refractivity contribution in [2.75, 3.05) is 30.7 Å². The number of anilines is 1. The predicted octanol–water partition coefficient (Wildman–Crippen LogP) is 1.96. The topological polar surface area (TPSA) is 95.3 Å². The zero-order valence-corrected chi connectivity index (χ0v) is 15.7. The van der Waals surface area contributed by atoms with E-state index in [2.05, 4.69) is 16.4 Å². The molecule has 1 aliphatic rings. The highest BCUT2D eigenvalue weighted by Gasteiger charge is 2.30. The molecule has 2 aromatic rings. The lowest BCUT2D eigenvalue weighted by Crippen LogP contribution is -2.49. The number of nitriles is 1. The smallest absolute Gasteiger partial charge is 0.216 e. The number of hydrogen-bond donors (Lipinski definition) is 1. The van der Waals surface area contributed by atoms with Crippen molar-refractivity contribution in [2.24, 2.45) is 0 Å². The van der Waals surface area contributed by atoms with Crippen LogP contribution in [0.4, 0.5) is 5.69 Å². The third kappa shape index (κ3) is 3.96. The zero-order valence-electron chi connectivity index (χ0n) is 14.8. The third-order valence-corrected chi connectivity index (χ3v) is 6.14. The van der Waals surface area contributed by atoms with Gasteiger partial charge < -0.3 is 10.1 Å². The number of fused-ring (bicyclic) bond motifs is 1. The van der Waals surface area contributed by atoms with Gasteiger partial charge in [0.05, 0.1) is 34.7 Å². The summed E-state index contributed by atoms with van der Waals surface area (Å²) in [7, 11) is -3.40. The molecular formula is C18H22N4O3S. The van der Waals surface area contributed by atoms with Gasteiger partial charge in [0.15, 0.2) is 0 Å². The Morgan fingerprint density at radius 1 is 1.31 bits per heavy atom. The summed E-state index contributed by atoms with van der Waals surface area (Å²) in [5.41, 5.74) is 1.78. The van der Waals surface area contributed by atoms with Gasteiger partial charge in [-0.1, -0.05) is 18.2 Å². The Kier molecular flexibility index (Phi) is 5.41. The van der Waals surface area contributed by atoms with E-state index in [1.54, 1.807) is 0 Å². The van der Waals surface area contributed by atoms with Crippen molar-refractivity contribution in [1.29, 1.82) is 5.26 Å². The number of morpholine rings is 1. The van der Waals surface area contributed by atoms with Crippen molar-refractivity contribution in [3.05, 3.63) is 36.0 Å². The van der Waals surface area contributed by atoms with Gasteiger partial charge in [-0.05, 0) is 19.9 Å². The molecule has 2 atom stereocenters. The molecule has 0 amide bonds. The Morgan fingerprint density at radius 2 is 2.00 bits per heavy atom. The van der Waals surface area contributed by atoms with E-state index in [9.17, 15) is 13.7 Å². The Morgan fingerprint density at radius 3 is 2.69 bits per heavy atom. The summed E-state index contributed by atoms with van der Waals surface area (Å²) in [5, 5.41) is 13.3. The van der Waals surface area contributed by atoms with E-state index in [-0.39, 0.29) is 24.5 Å². The van der Waals surface area contributed by atoms with Crippen LogP contribution < -0.4 is 5.32 Å². The zero-order chi connectivity index (χ0) is 18.7. The van der Waals surface area contributed by atoms with E-state index in [4.69, 9.17) is 4.74 Å². The number of hydrogen-bond acceptors (Lipinski definition) is 6. The molecule has 0 bridgehead atoms. The number of para-hydroxylation sites is 1. The first kappa shape index (κ1) is 18.6. The number of sulfonamides is 1. The molecule has 1 aromatic heterocycles. The van der Waals surface area contributed by atoms with Gasteiger partial charge in [-0.3, -0.25) is 4.98 Å². The standard InChI is InChI=1S/C18H22N4O3S/c1-13-11-22(12-14(2)25-13)26(23,24)8-7-20-18-15(9-19)10-21-17-6-4-3-5-16(17)18/h3-6,10,13-14H,7-8,11-12H2,1-2H3,(H,20,21). The Hall–Kier alpha value is -2.21. The molecule has 8 heteroatoms. The van der Waals surface area contributed by atoms with Crippen molar-refractivity contribution in [1.82, 2.24) is 9.29 Å². The number of nitrogens with one attached hydrogen (secondary N) is 1. The average Bonchev–Trinajstić information content (AvgIpc) is 2.61. The fourth-order valence-corrected chi connectivity index (χ4v) is 4.70. The normalized spacial score (nSPS) is 21.4. The monoisotopic (exact) mass is 374 g/mol. The Balaban J connectivity index is 1.74. The molecule has 2 unspecified atom stereocenters. The lowest BCUT2D eigenvalue weighted by atomic mass is 10.1. The second-order valence-corrected chi connectivity index (χ2v) is 8.58. The fourth-order valence-electron chi connectivity index (χ4n) is 3.21. The van der Waals surface area contributed by atoms with Gasteiger partial charge in [0.25, 0.3) is 0 Å². The molecule has 1 aromatic carbocycles. The second-order valence-electron chi connectivity index (χ2n) is 6.49. The number of benzene rings is 1. The van der Waals surface area contributed by atoms with Gasteiger partial charge in [0.2, 0.25) is 10.0 Å². The summed E-state index contributed by atoms with van der Waals surface area (Å²) in [6.07, 6.45) is 1.27. The molecule has 1 N–H and O–H groups in total. The maximum Gasteiger partial charge on any atom is 0.216 e. The van der Waals surface area contributed by atoms with Crippen molar-refractivity contribution in [3.8, 4) is 6.07 Å². The number of ether oxygens (including phenoxy) is 1. The minimum atomic E-state index is -3.40. The minimum absolute atomic E-state index is 0.0477. The second kappa shape index (κ2) is 7.58. The lowest BCUT2D eigenvalue weighted by molar-refractivity contribution is -0.0440. The summed E-state index contributed by atoms with van der Waals surface area (Å²) in [5.74, 6) is -0.0477. The summed E-state index contributed by atoms with van der Waals surface area (Å²) in [4.78, 5) is 4.26. The SMILES string of the molecule is CC1CN(S(=O)(=O)CCNc2c(C#N)cnc3ccccc23)CC(C)O1. The third-order valence-electron chi connectivity index (χ3n) is 4.34. The molecule has 7 nitrogen and oxygen atoms in total. The van der Waals surface area contributed by atoms with Crippen LogP contribution >= 0.6 is 0 Å². The maximum atomic E-state index is 12.6. The molecule has 0 spiro atoms. The van der Waals surface area contributed by atoms with Crippen LogP contribution in [-0.2, 0) is 14.8 Å². The van der Waals surface area contributed by atoms with Crippen molar-refractivity contribution >= 4 is 26.6 Å². The van der Waals surface area contributed by atoms with Crippen molar-refractivity contribution in [3.63, 3.8) is 0 Å².